The molecule has 2 aromatic rings. The molecule has 2 N–H and O–H groups in total. The quantitative estimate of drug-likeness (QED) is 0.896. The van der Waals surface area contributed by atoms with E-state index in [-0.39, 0.29) is 6.04 Å². The van der Waals surface area contributed by atoms with Crippen molar-refractivity contribution in [3.05, 3.63) is 47.1 Å². The highest BCUT2D eigenvalue weighted by atomic mass is 16.5. The topological polar surface area (TPSA) is 64.9 Å². The maximum atomic E-state index is 6.08. The molecule has 4 heteroatoms. The fourth-order valence-corrected chi connectivity index (χ4v) is 1.98. The monoisotopic (exact) mass is 259 g/mol. The van der Waals surface area contributed by atoms with Crippen LogP contribution in [-0.2, 0) is 6.42 Å². The molecule has 4 nitrogen and oxygen atoms in total. The van der Waals surface area contributed by atoms with E-state index in [0.717, 1.165) is 6.42 Å². The van der Waals surface area contributed by atoms with Crippen molar-refractivity contribution in [2.45, 2.75) is 39.7 Å². The molecule has 1 heterocycles. The minimum atomic E-state index is -0.177. The highest BCUT2D eigenvalue weighted by Gasteiger charge is 2.19. The Hall–Kier alpha value is -1.68. The van der Waals surface area contributed by atoms with Gasteiger partial charge < -0.3 is 10.3 Å². The third-order valence-corrected chi connectivity index (χ3v) is 3.47. The minimum absolute atomic E-state index is 0.177. The first-order valence-corrected chi connectivity index (χ1v) is 6.73. The number of hydrogen-bond donors (Lipinski definition) is 1. The van der Waals surface area contributed by atoms with Crippen LogP contribution >= 0.6 is 0 Å². The first-order chi connectivity index (χ1) is 9.10. The van der Waals surface area contributed by atoms with E-state index < -0.39 is 0 Å². The third-order valence-electron chi connectivity index (χ3n) is 3.47. The summed E-state index contributed by atoms with van der Waals surface area (Å²) in [6.45, 7) is 6.27. The first-order valence-electron chi connectivity index (χ1n) is 6.73. The van der Waals surface area contributed by atoms with Gasteiger partial charge in [-0.2, -0.15) is 4.98 Å². The Balaban J connectivity index is 2.09. The molecule has 0 saturated carbocycles. The molecule has 0 aliphatic carbocycles. The van der Waals surface area contributed by atoms with E-state index in [9.17, 15) is 0 Å². The van der Waals surface area contributed by atoms with Gasteiger partial charge in [0.05, 0.1) is 6.04 Å². The Kier molecular flexibility index (Phi) is 4.32. The largest absolute Gasteiger partial charge is 0.338 e. The van der Waals surface area contributed by atoms with Gasteiger partial charge in [0.2, 0.25) is 5.89 Å². The van der Waals surface area contributed by atoms with Crippen molar-refractivity contribution < 1.29 is 4.52 Å². The van der Waals surface area contributed by atoms with Crippen LogP contribution in [0.2, 0.25) is 0 Å². The van der Waals surface area contributed by atoms with E-state index in [1.807, 2.05) is 6.07 Å². The van der Waals surface area contributed by atoms with Gasteiger partial charge in [-0.15, -0.1) is 0 Å². The summed E-state index contributed by atoms with van der Waals surface area (Å²) in [7, 11) is 0. The highest BCUT2D eigenvalue weighted by molar-refractivity contribution is 5.24. The summed E-state index contributed by atoms with van der Waals surface area (Å²) in [4.78, 5) is 4.40. The van der Waals surface area contributed by atoms with E-state index in [1.54, 1.807) is 0 Å². The molecular formula is C15H21N3O. The first kappa shape index (κ1) is 13.7. The molecule has 0 radical (unpaired) electrons. The van der Waals surface area contributed by atoms with Crippen LogP contribution in [0.25, 0.3) is 0 Å². The van der Waals surface area contributed by atoms with Gasteiger partial charge in [0, 0.05) is 6.42 Å². The lowest BCUT2D eigenvalue weighted by Gasteiger charge is -2.12. The number of nitrogens with zero attached hydrogens (tertiary/aromatic N) is 2. The maximum absolute atomic E-state index is 6.08. The predicted octanol–water partition coefficient (Wildman–Crippen LogP) is 3.01. The van der Waals surface area contributed by atoms with Crippen molar-refractivity contribution in [3.63, 3.8) is 0 Å². The number of rotatable bonds is 5. The molecule has 2 rings (SSSR count). The van der Waals surface area contributed by atoms with Gasteiger partial charge in [0.15, 0.2) is 5.82 Å². The summed E-state index contributed by atoms with van der Waals surface area (Å²) in [6.07, 6.45) is 1.68. The molecule has 19 heavy (non-hydrogen) atoms. The number of aromatic nitrogens is 2. The third kappa shape index (κ3) is 3.41. The zero-order valence-corrected chi connectivity index (χ0v) is 11.8. The summed E-state index contributed by atoms with van der Waals surface area (Å²) >= 11 is 0. The Bertz CT molecular complexity index is 536. The van der Waals surface area contributed by atoms with Crippen molar-refractivity contribution in [3.8, 4) is 0 Å². The zero-order chi connectivity index (χ0) is 13.8. The molecule has 0 amide bonds. The molecule has 0 aliphatic rings. The van der Waals surface area contributed by atoms with Crippen molar-refractivity contribution in [1.82, 2.24) is 10.1 Å². The predicted molar refractivity (Wildman–Crippen MR) is 74.7 cm³/mol. The fraction of sp³-hybridized carbons (Fsp3) is 0.467. The minimum Gasteiger partial charge on any atom is -0.338 e. The van der Waals surface area contributed by atoms with Crippen LogP contribution in [0, 0.1) is 12.8 Å². The van der Waals surface area contributed by atoms with Crippen molar-refractivity contribution in [2.75, 3.05) is 0 Å². The Morgan fingerprint density at radius 1 is 1.37 bits per heavy atom. The Labute approximate surface area is 114 Å². The van der Waals surface area contributed by atoms with Crippen LogP contribution in [0.15, 0.2) is 28.8 Å². The lowest BCUT2D eigenvalue weighted by atomic mass is 10.0. The number of hydrogen-bond acceptors (Lipinski definition) is 4. The van der Waals surface area contributed by atoms with E-state index >= 15 is 0 Å². The van der Waals surface area contributed by atoms with Gasteiger partial charge in [0.25, 0.3) is 0 Å². The van der Waals surface area contributed by atoms with Gasteiger partial charge in [-0.25, -0.2) is 0 Å². The molecule has 2 atom stereocenters. The lowest BCUT2D eigenvalue weighted by molar-refractivity contribution is 0.310. The van der Waals surface area contributed by atoms with Crippen LogP contribution < -0.4 is 5.73 Å². The van der Waals surface area contributed by atoms with Crippen LogP contribution in [-0.4, -0.2) is 10.1 Å². The number of benzene rings is 1. The Morgan fingerprint density at radius 2 is 2.16 bits per heavy atom. The number of nitrogens with two attached hydrogens (primary N) is 1. The van der Waals surface area contributed by atoms with E-state index in [4.69, 9.17) is 10.3 Å². The lowest BCUT2D eigenvalue weighted by Crippen LogP contribution is -2.18. The average Bonchev–Trinajstić information content (AvgIpc) is 2.85. The highest BCUT2D eigenvalue weighted by Crippen LogP contribution is 2.20. The molecule has 1 aromatic carbocycles. The van der Waals surface area contributed by atoms with Gasteiger partial charge in [-0.3, -0.25) is 0 Å². The summed E-state index contributed by atoms with van der Waals surface area (Å²) in [6, 6.07) is 8.13. The van der Waals surface area contributed by atoms with E-state index in [2.05, 4.69) is 49.1 Å². The second-order valence-corrected chi connectivity index (χ2v) is 5.13. The number of aryl methyl sites for hydroxylation is 1. The van der Waals surface area contributed by atoms with Gasteiger partial charge in [-0.1, -0.05) is 55.3 Å². The maximum Gasteiger partial charge on any atom is 0.243 e. The zero-order valence-electron chi connectivity index (χ0n) is 11.8. The summed E-state index contributed by atoms with van der Waals surface area (Å²) in [5, 5.41) is 4.01. The van der Waals surface area contributed by atoms with Crippen molar-refractivity contribution in [2.24, 2.45) is 11.7 Å². The summed E-state index contributed by atoms with van der Waals surface area (Å²) < 4.78 is 5.27. The van der Waals surface area contributed by atoms with Crippen LogP contribution in [0.3, 0.4) is 0 Å². The molecule has 0 fully saturated rings. The summed E-state index contributed by atoms with van der Waals surface area (Å²) in [5.74, 6) is 1.57. The van der Waals surface area contributed by atoms with Crippen molar-refractivity contribution in [1.29, 1.82) is 0 Å². The standard InChI is InChI=1S/C15H21N3O/c1-4-11(3)14(16)15-17-13(18-19-15)9-12-7-5-6-10(2)8-12/h5-8,11,14H,4,9,16H2,1-3H3/t11?,14-/m0/s1. The van der Waals surface area contributed by atoms with Crippen LogP contribution in [0.4, 0.5) is 0 Å². The smallest absolute Gasteiger partial charge is 0.243 e. The summed E-state index contributed by atoms with van der Waals surface area (Å²) in [5.41, 5.74) is 8.50. The average molecular weight is 259 g/mol. The molecule has 0 saturated heterocycles. The fourth-order valence-electron chi connectivity index (χ4n) is 1.98. The Morgan fingerprint density at radius 3 is 2.84 bits per heavy atom. The molecule has 1 unspecified atom stereocenters. The molecule has 1 aromatic heterocycles. The van der Waals surface area contributed by atoms with Crippen LogP contribution in [0.5, 0.6) is 0 Å². The SMILES string of the molecule is CCC(C)[C@H](N)c1nc(Cc2cccc(C)c2)no1. The van der Waals surface area contributed by atoms with Gasteiger partial charge >= 0.3 is 0 Å². The molecule has 102 valence electrons. The second-order valence-electron chi connectivity index (χ2n) is 5.13. The van der Waals surface area contributed by atoms with Crippen molar-refractivity contribution >= 4 is 0 Å². The molecular weight excluding hydrogens is 238 g/mol. The van der Waals surface area contributed by atoms with Crippen LogP contribution in [0.1, 0.15) is 49.2 Å². The van der Waals surface area contributed by atoms with Gasteiger partial charge in [0.1, 0.15) is 0 Å². The van der Waals surface area contributed by atoms with E-state index in [0.29, 0.717) is 24.1 Å². The molecule has 0 aliphatic heterocycles. The van der Waals surface area contributed by atoms with Gasteiger partial charge in [-0.05, 0) is 18.4 Å². The molecule has 0 spiro atoms. The molecule has 0 bridgehead atoms. The second kappa shape index (κ2) is 5.97. The normalized spacial score (nSPS) is 14.3. The van der Waals surface area contributed by atoms with E-state index in [1.165, 1.54) is 11.1 Å².